The molecule has 3 rings (SSSR count). The van der Waals surface area contributed by atoms with Crippen molar-refractivity contribution in [1.82, 2.24) is 0 Å². The molecule has 68 valence electrons. The van der Waals surface area contributed by atoms with E-state index in [0.717, 1.165) is 0 Å². The van der Waals surface area contributed by atoms with E-state index in [4.69, 9.17) is 0 Å². The van der Waals surface area contributed by atoms with Crippen LogP contribution in [0.5, 0.6) is 0 Å². The van der Waals surface area contributed by atoms with Crippen molar-refractivity contribution in [3.8, 4) is 0 Å². The molecule has 0 radical (unpaired) electrons. The molecule has 0 spiro atoms. The second kappa shape index (κ2) is 2.41. The second-order valence-corrected chi connectivity index (χ2v) is 3.66. The molecule has 0 amide bonds. The lowest BCUT2D eigenvalue weighted by Crippen LogP contribution is -2.19. The highest BCUT2D eigenvalue weighted by Crippen LogP contribution is 2.35. The smallest absolute Gasteiger partial charge is 0.190 e. The Hall–Kier alpha value is -1.70. The van der Waals surface area contributed by atoms with Crippen molar-refractivity contribution in [2.24, 2.45) is 0 Å². The van der Waals surface area contributed by atoms with Gasteiger partial charge >= 0.3 is 0 Å². The van der Waals surface area contributed by atoms with Crippen LogP contribution in [-0.4, -0.2) is 11.6 Å². The summed E-state index contributed by atoms with van der Waals surface area (Å²) < 4.78 is 0. The quantitative estimate of drug-likeness (QED) is 0.536. The number of ketones is 2. The van der Waals surface area contributed by atoms with E-state index in [1.807, 2.05) is 12.2 Å². The van der Waals surface area contributed by atoms with Gasteiger partial charge in [0.2, 0.25) is 0 Å². The molecule has 0 saturated carbocycles. The van der Waals surface area contributed by atoms with E-state index in [1.165, 1.54) is 0 Å². The third-order valence-electron chi connectivity index (χ3n) is 2.90. The highest BCUT2D eigenvalue weighted by Gasteiger charge is 2.34. The normalized spacial score (nSPS) is 23.7. The first kappa shape index (κ1) is 7.68. The van der Waals surface area contributed by atoms with Crippen LogP contribution in [0, 0.1) is 0 Å². The molecule has 2 heteroatoms. The van der Waals surface area contributed by atoms with Crippen LogP contribution in [0.1, 0.15) is 12.8 Å². The molecule has 3 aliphatic carbocycles. The average Bonchev–Trinajstić information content (AvgIpc) is 2.82. The van der Waals surface area contributed by atoms with Crippen LogP contribution in [0.3, 0.4) is 0 Å². The van der Waals surface area contributed by atoms with E-state index in [9.17, 15) is 9.59 Å². The van der Waals surface area contributed by atoms with Gasteiger partial charge in [-0.15, -0.1) is 0 Å². The maximum atomic E-state index is 11.9. The molecule has 0 aromatic heterocycles. The van der Waals surface area contributed by atoms with Gasteiger partial charge in [-0.3, -0.25) is 9.59 Å². The fourth-order valence-corrected chi connectivity index (χ4v) is 2.19. The third kappa shape index (κ3) is 0.757. The molecule has 0 aromatic carbocycles. The fourth-order valence-electron chi connectivity index (χ4n) is 2.19. The van der Waals surface area contributed by atoms with Gasteiger partial charge in [-0.25, -0.2) is 0 Å². The number of carbonyl (C=O) groups is 2. The molecular formula is C12H8O2. The molecule has 0 aliphatic heterocycles. The minimum atomic E-state index is 0.0494. The predicted molar refractivity (Wildman–Crippen MR) is 51.6 cm³/mol. The summed E-state index contributed by atoms with van der Waals surface area (Å²) >= 11 is 0. The molecule has 0 fully saturated rings. The lowest BCUT2D eigenvalue weighted by atomic mass is 9.86. The van der Waals surface area contributed by atoms with E-state index in [1.54, 1.807) is 12.2 Å². The summed E-state index contributed by atoms with van der Waals surface area (Å²) in [7, 11) is 0. The van der Waals surface area contributed by atoms with Crippen LogP contribution in [0.15, 0.2) is 46.6 Å². The van der Waals surface area contributed by atoms with E-state index in [-0.39, 0.29) is 11.6 Å². The van der Waals surface area contributed by atoms with Crippen LogP contribution in [0.25, 0.3) is 0 Å². The number of hydrogen-bond donors (Lipinski definition) is 0. The average molecular weight is 184 g/mol. The van der Waals surface area contributed by atoms with Gasteiger partial charge < -0.3 is 0 Å². The van der Waals surface area contributed by atoms with Crippen molar-refractivity contribution in [3.05, 3.63) is 46.6 Å². The molecule has 2 nitrogen and oxygen atoms in total. The predicted octanol–water partition coefficient (Wildman–Crippen LogP) is 1.65. The zero-order chi connectivity index (χ0) is 9.71. The Labute approximate surface area is 81.3 Å². The zero-order valence-corrected chi connectivity index (χ0v) is 7.54. The molecule has 0 saturated heterocycles. The Morgan fingerprint density at radius 1 is 0.786 bits per heavy atom. The Balaban J connectivity index is 2.20. The number of rotatable bonds is 0. The molecule has 0 N–H and O–H groups in total. The highest BCUT2D eigenvalue weighted by atomic mass is 16.1. The molecule has 0 bridgehead atoms. The highest BCUT2D eigenvalue weighted by molar-refractivity contribution is 6.28. The lowest BCUT2D eigenvalue weighted by molar-refractivity contribution is -0.116. The summed E-state index contributed by atoms with van der Waals surface area (Å²) in [6.07, 6.45) is 8.54. The lowest BCUT2D eigenvalue weighted by Gasteiger charge is -2.14. The molecule has 14 heavy (non-hydrogen) atoms. The first-order valence-electron chi connectivity index (χ1n) is 4.68. The summed E-state index contributed by atoms with van der Waals surface area (Å²) in [6.45, 7) is 0. The standard InChI is InChI=1S/C12H8O2/c13-11-7-3-1-4-8(7)12(14)10-6-2-5-9(10)11/h1-3,6H,4-5H2. The van der Waals surface area contributed by atoms with Gasteiger partial charge in [-0.2, -0.15) is 0 Å². The number of carbonyl (C=O) groups excluding carboxylic acids is 2. The Kier molecular flexibility index (Phi) is 1.32. The van der Waals surface area contributed by atoms with Crippen LogP contribution in [0.2, 0.25) is 0 Å². The number of Topliss-reactive ketones (excluding diaryl/α,β-unsaturated/α-hetero) is 2. The van der Waals surface area contributed by atoms with Gasteiger partial charge in [-0.1, -0.05) is 24.3 Å². The first-order chi connectivity index (χ1) is 6.79. The molecule has 0 aromatic rings. The summed E-state index contributed by atoms with van der Waals surface area (Å²) in [4.78, 5) is 23.7. The molecule has 3 aliphatic rings. The van der Waals surface area contributed by atoms with E-state index >= 15 is 0 Å². The topological polar surface area (TPSA) is 34.1 Å². The molecule has 0 atom stereocenters. The fraction of sp³-hybridized carbons (Fsp3) is 0.167. The van der Waals surface area contributed by atoms with E-state index < -0.39 is 0 Å². The minimum Gasteiger partial charge on any atom is -0.289 e. The van der Waals surface area contributed by atoms with Crippen molar-refractivity contribution in [1.29, 1.82) is 0 Å². The van der Waals surface area contributed by atoms with Crippen LogP contribution in [0.4, 0.5) is 0 Å². The van der Waals surface area contributed by atoms with Crippen molar-refractivity contribution in [2.45, 2.75) is 12.8 Å². The van der Waals surface area contributed by atoms with Crippen LogP contribution >= 0.6 is 0 Å². The van der Waals surface area contributed by atoms with Crippen LogP contribution in [-0.2, 0) is 9.59 Å². The van der Waals surface area contributed by atoms with Gasteiger partial charge in [0.15, 0.2) is 11.6 Å². The summed E-state index contributed by atoms with van der Waals surface area (Å²) in [6, 6.07) is 0. The molecule has 0 heterocycles. The zero-order valence-electron chi connectivity index (χ0n) is 7.54. The molecular weight excluding hydrogens is 176 g/mol. The van der Waals surface area contributed by atoms with Crippen LogP contribution < -0.4 is 0 Å². The van der Waals surface area contributed by atoms with Gasteiger partial charge in [0.25, 0.3) is 0 Å². The Morgan fingerprint density at radius 2 is 1.21 bits per heavy atom. The number of hydrogen-bond acceptors (Lipinski definition) is 2. The summed E-state index contributed by atoms with van der Waals surface area (Å²) in [5.41, 5.74) is 2.61. The number of allylic oxidation sites excluding steroid dienone is 8. The summed E-state index contributed by atoms with van der Waals surface area (Å²) in [5.74, 6) is 0.0988. The van der Waals surface area contributed by atoms with Crippen molar-refractivity contribution in [2.75, 3.05) is 0 Å². The van der Waals surface area contributed by atoms with E-state index in [2.05, 4.69) is 0 Å². The second-order valence-electron chi connectivity index (χ2n) is 3.66. The van der Waals surface area contributed by atoms with Gasteiger partial charge in [-0.05, 0) is 12.8 Å². The Morgan fingerprint density at radius 3 is 1.64 bits per heavy atom. The minimum absolute atomic E-state index is 0.0494. The monoisotopic (exact) mass is 184 g/mol. The third-order valence-corrected chi connectivity index (χ3v) is 2.90. The summed E-state index contributed by atoms with van der Waals surface area (Å²) in [5, 5.41) is 0. The largest absolute Gasteiger partial charge is 0.289 e. The van der Waals surface area contributed by atoms with Gasteiger partial charge in [0.1, 0.15) is 0 Å². The Bertz CT molecular complexity index is 438. The maximum Gasteiger partial charge on any atom is 0.190 e. The SMILES string of the molecule is O=C1C2=C(CC=C2)C(=O)C2=C1CC=C2. The van der Waals surface area contributed by atoms with Crippen molar-refractivity contribution in [3.63, 3.8) is 0 Å². The van der Waals surface area contributed by atoms with E-state index in [0.29, 0.717) is 35.1 Å². The van der Waals surface area contributed by atoms with Crippen molar-refractivity contribution >= 4 is 11.6 Å². The van der Waals surface area contributed by atoms with Gasteiger partial charge in [0.05, 0.1) is 0 Å². The molecule has 0 unspecified atom stereocenters. The first-order valence-corrected chi connectivity index (χ1v) is 4.68. The van der Waals surface area contributed by atoms with Gasteiger partial charge in [0, 0.05) is 22.3 Å². The van der Waals surface area contributed by atoms with Crippen molar-refractivity contribution < 1.29 is 9.59 Å². The maximum absolute atomic E-state index is 11.9.